The molecule has 72 valence electrons. The van der Waals surface area contributed by atoms with Crippen molar-refractivity contribution in [2.75, 3.05) is 0 Å². The number of H-pyrrole nitrogens is 1. The lowest BCUT2D eigenvalue weighted by atomic mass is 9.82. The van der Waals surface area contributed by atoms with E-state index < -0.39 is 5.76 Å². The minimum Gasteiger partial charge on any atom is -0.296 e. The molecule has 0 bridgehead atoms. The van der Waals surface area contributed by atoms with E-state index in [1.165, 1.54) is 12.8 Å². The zero-order valence-corrected chi connectivity index (χ0v) is 7.75. The predicted octanol–water partition coefficient (Wildman–Crippen LogP) is 1.66. The van der Waals surface area contributed by atoms with Crippen molar-refractivity contribution in [3.63, 3.8) is 0 Å². The van der Waals surface area contributed by atoms with Gasteiger partial charge in [0, 0.05) is 5.92 Å². The molecule has 0 aliphatic heterocycles. The topological polar surface area (TPSA) is 58.9 Å². The molecular weight excluding hydrogens is 168 g/mol. The lowest BCUT2D eigenvalue weighted by Crippen LogP contribution is -2.13. The van der Waals surface area contributed by atoms with Crippen molar-refractivity contribution >= 4 is 0 Å². The number of hydrogen-bond donors (Lipinski definition) is 1. The minimum absolute atomic E-state index is 0.398. The first-order valence-corrected chi connectivity index (χ1v) is 4.81. The maximum atomic E-state index is 10.7. The molecule has 1 saturated carbocycles. The van der Waals surface area contributed by atoms with E-state index in [0.717, 1.165) is 24.6 Å². The van der Waals surface area contributed by atoms with Crippen LogP contribution in [-0.4, -0.2) is 10.1 Å². The number of aromatic amines is 1. The van der Waals surface area contributed by atoms with Crippen LogP contribution in [0, 0.1) is 5.92 Å². The zero-order chi connectivity index (χ0) is 9.26. The second-order valence-corrected chi connectivity index (χ2v) is 3.95. The Kier molecular flexibility index (Phi) is 2.20. The van der Waals surface area contributed by atoms with Gasteiger partial charge in [-0.2, -0.15) is 0 Å². The van der Waals surface area contributed by atoms with Crippen LogP contribution in [0.25, 0.3) is 0 Å². The SMILES string of the molecule is CC1CCCC(c2noc(=O)[nH]2)C1. The van der Waals surface area contributed by atoms with Gasteiger partial charge >= 0.3 is 5.76 Å². The van der Waals surface area contributed by atoms with Crippen LogP contribution in [0.3, 0.4) is 0 Å². The minimum atomic E-state index is -0.437. The Labute approximate surface area is 76.3 Å². The van der Waals surface area contributed by atoms with Gasteiger partial charge in [0.2, 0.25) is 0 Å². The van der Waals surface area contributed by atoms with Gasteiger partial charge in [-0.3, -0.25) is 9.51 Å². The lowest BCUT2D eigenvalue weighted by molar-refractivity contribution is 0.320. The number of nitrogens with one attached hydrogen (secondary N) is 1. The molecule has 4 heteroatoms. The molecule has 0 spiro atoms. The van der Waals surface area contributed by atoms with Gasteiger partial charge in [-0.1, -0.05) is 24.9 Å². The van der Waals surface area contributed by atoms with Crippen LogP contribution in [-0.2, 0) is 0 Å². The van der Waals surface area contributed by atoms with Crippen LogP contribution < -0.4 is 5.76 Å². The average Bonchev–Trinajstić information content (AvgIpc) is 2.52. The molecule has 1 aliphatic carbocycles. The van der Waals surface area contributed by atoms with E-state index in [4.69, 9.17) is 0 Å². The second-order valence-electron chi connectivity index (χ2n) is 3.95. The van der Waals surface area contributed by atoms with Gasteiger partial charge in [-0.15, -0.1) is 0 Å². The Hall–Kier alpha value is -1.06. The molecule has 1 aromatic rings. The molecule has 1 aromatic heterocycles. The summed E-state index contributed by atoms with van der Waals surface area (Å²) in [5, 5.41) is 3.73. The largest absolute Gasteiger partial charge is 0.438 e. The summed E-state index contributed by atoms with van der Waals surface area (Å²) in [4.78, 5) is 13.4. The van der Waals surface area contributed by atoms with Crippen LogP contribution in [0.1, 0.15) is 44.3 Å². The Balaban J connectivity index is 2.12. The highest BCUT2D eigenvalue weighted by molar-refractivity contribution is 4.94. The highest BCUT2D eigenvalue weighted by atomic mass is 16.5. The van der Waals surface area contributed by atoms with Crippen molar-refractivity contribution < 1.29 is 4.52 Å². The highest BCUT2D eigenvalue weighted by Gasteiger charge is 2.23. The quantitative estimate of drug-likeness (QED) is 0.718. The van der Waals surface area contributed by atoms with E-state index in [1.807, 2.05) is 0 Å². The normalized spacial score (nSPS) is 29.0. The smallest absolute Gasteiger partial charge is 0.296 e. The first-order chi connectivity index (χ1) is 6.25. The fraction of sp³-hybridized carbons (Fsp3) is 0.778. The van der Waals surface area contributed by atoms with Gasteiger partial charge < -0.3 is 0 Å². The van der Waals surface area contributed by atoms with Gasteiger partial charge in [0.15, 0.2) is 5.82 Å². The molecule has 1 N–H and O–H groups in total. The predicted molar refractivity (Wildman–Crippen MR) is 47.5 cm³/mol. The van der Waals surface area contributed by atoms with Gasteiger partial charge in [-0.25, -0.2) is 4.79 Å². The van der Waals surface area contributed by atoms with Crippen LogP contribution in [0.5, 0.6) is 0 Å². The number of aromatic nitrogens is 2. The Morgan fingerprint density at radius 2 is 2.38 bits per heavy atom. The summed E-state index contributed by atoms with van der Waals surface area (Å²) >= 11 is 0. The molecule has 2 unspecified atom stereocenters. The monoisotopic (exact) mass is 182 g/mol. The Morgan fingerprint density at radius 3 is 3.00 bits per heavy atom. The second kappa shape index (κ2) is 3.36. The number of hydrogen-bond acceptors (Lipinski definition) is 3. The number of nitrogens with zero attached hydrogens (tertiary/aromatic N) is 1. The Bertz CT molecular complexity index is 328. The third kappa shape index (κ3) is 1.82. The molecule has 4 nitrogen and oxygen atoms in total. The molecule has 2 rings (SSSR count). The summed E-state index contributed by atoms with van der Waals surface area (Å²) in [6.45, 7) is 2.24. The van der Waals surface area contributed by atoms with Crippen molar-refractivity contribution in [3.8, 4) is 0 Å². The summed E-state index contributed by atoms with van der Waals surface area (Å²) in [5.41, 5.74) is 0. The molecule has 0 saturated heterocycles. The van der Waals surface area contributed by atoms with Crippen molar-refractivity contribution in [2.24, 2.45) is 5.92 Å². The number of rotatable bonds is 1. The molecule has 1 heterocycles. The van der Waals surface area contributed by atoms with E-state index in [0.29, 0.717) is 5.92 Å². The maximum Gasteiger partial charge on any atom is 0.438 e. The third-order valence-corrected chi connectivity index (χ3v) is 2.78. The summed E-state index contributed by atoms with van der Waals surface area (Å²) in [6.07, 6.45) is 4.74. The highest BCUT2D eigenvalue weighted by Crippen LogP contribution is 2.33. The molecule has 1 aliphatic rings. The summed E-state index contributed by atoms with van der Waals surface area (Å²) in [7, 11) is 0. The first kappa shape index (κ1) is 8.53. The van der Waals surface area contributed by atoms with Crippen LogP contribution in [0.15, 0.2) is 9.32 Å². The fourth-order valence-electron chi connectivity index (χ4n) is 2.10. The lowest BCUT2D eigenvalue weighted by Gasteiger charge is -2.24. The van der Waals surface area contributed by atoms with E-state index in [-0.39, 0.29) is 0 Å². The molecular formula is C9H14N2O2. The van der Waals surface area contributed by atoms with Crippen LogP contribution in [0.2, 0.25) is 0 Å². The summed E-state index contributed by atoms with van der Waals surface area (Å²) < 4.78 is 4.49. The molecule has 0 radical (unpaired) electrons. The summed E-state index contributed by atoms with van der Waals surface area (Å²) in [6, 6.07) is 0. The van der Waals surface area contributed by atoms with Gasteiger partial charge in [-0.05, 0) is 18.8 Å². The third-order valence-electron chi connectivity index (χ3n) is 2.78. The molecule has 0 aromatic carbocycles. The fourth-order valence-corrected chi connectivity index (χ4v) is 2.10. The molecule has 1 fully saturated rings. The maximum absolute atomic E-state index is 10.7. The molecule has 13 heavy (non-hydrogen) atoms. The van der Waals surface area contributed by atoms with E-state index >= 15 is 0 Å². The van der Waals surface area contributed by atoms with E-state index in [2.05, 4.69) is 21.6 Å². The van der Waals surface area contributed by atoms with Crippen molar-refractivity contribution in [2.45, 2.75) is 38.5 Å². The van der Waals surface area contributed by atoms with Crippen molar-refractivity contribution in [1.82, 2.24) is 10.1 Å². The van der Waals surface area contributed by atoms with Gasteiger partial charge in [0.05, 0.1) is 0 Å². The standard InChI is InChI=1S/C9H14N2O2/c1-6-3-2-4-7(5-6)8-10-9(12)13-11-8/h6-7H,2-5H2,1H3,(H,10,11,12). The van der Waals surface area contributed by atoms with Crippen molar-refractivity contribution in [3.05, 3.63) is 16.4 Å². The van der Waals surface area contributed by atoms with Crippen LogP contribution >= 0.6 is 0 Å². The van der Waals surface area contributed by atoms with E-state index in [9.17, 15) is 4.79 Å². The van der Waals surface area contributed by atoms with Gasteiger partial charge in [0.25, 0.3) is 0 Å². The molecule has 2 atom stereocenters. The molecule has 0 amide bonds. The van der Waals surface area contributed by atoms with E-state index in [1.54, 1.807) is 0 Å². The first-order valence-electron chi connectivity index (χ1n) is 4.81. The van der Waals surface area contributed by atoms with Gasteiger partial charge in [0.1, 0.15) is 0 Å². The zero-order valence-electron chi connectivity index (χ0n) is 7.75. The Morgan fingerprint density at radius 1 is 1.54 bits per heavy atom. The van der Waals surface area contributed by atoms with Crippen molar-refractivity contribution in [1.29, 1.82) is 0 Å². The average molecular weight is 182 g/mol. The summed E-state index contributed by atoms with van der Waals surface area (Å²) in [5.74, 6) is 1.43. The van der Waals surface area contributed by atoms with Crippen LogP contribution in [0.4, 0.5) is 0 Å².